The van der Waals surface area contributed by atoms with Crippen LogP contribution in [0.5, 0.6) is 0 Å². The lowest BCUT2D eigenvalue weighted by Gasteiger charge is -2.26. The molecule has 0 atom stereocenters. The third-order valence-electron chi connectivity index (χ3n) is 4.00. The fraction of sp³-hybridized carbons (Fsp3) is 0.375. The standard InChI is InChI=1S/C16H18ClN3O3/c1-19-13-9-12(17)3-2-11(13)8-14(19)16(22)18-10-15(21)20-4-6-23-7-5-20/h2-3,8-9H,4-7,10H2,1H3,(H,18,22). The van der Waals surface area contributed by atoms with Gasteiger partial charge in [-0.25, -0.2) is 0 Å². The van der Waals surface area contributed by atoms with E-state index in [-0.39, 0.29) is 18.4 Å². The molecule has 1 aromatic carbocycles. The zero-order chi connectivity index (χ0) is 16.4. The van der Waals surface area contributed by atoms with Crippen molar-refractivity contribution in [2.45, 2.75) is 0 Å². The monoisotopic (exact) mass is 335 g/mol. The van der Waals surface area contributed by atoms with E-state index in [0.717, 1.165) is 10.9 Å². The highest BCUT2D eigenvalue weighted by Gasteiger charge is 2.19. The van der Waals surface area contributed by atoms with Crippen LogP contribution in [0.1, 0.15) is 10.5 Å². The fourth-order valence-electron chi connectivity index (χ4n) is 2.69. The highest BCUT2D eigenvalue weighted by atomic mass is 35.5. The number of hydrogen-bond acceptors (Lipinski definition) is 3. The van der Waals surface area contributed by atoms with Gasteiger partial charge in [0.1, 0.15) is 5.69 Å². The lowest BCUT2D eigenvalue weighted by atomic mass is 10.2. The van der Waals surface area contributed by atoms with Gasteiger partial charge in [-0.2, -0.15) is 0 Å². The summed E-state index contributed by atoms with van der Waals surface area (Å²) in [5.41, 5.74) is 1.37. The lowest BCUT2D eigenvalue weighted by Crippen LogP contribution is -2.45. The molecule has 1 fully saturated rings. The number of halogens is 1. The number of carbonyl (C=O) groups excluding carboxylic acids is 2. The summed E-state index contributed by atoms with van der Waals surface area (Å²) in [4.78, 5) is 26.1. The fourth-order valence-corrected chi connectivity index (χ4v) is 2.86. The van der Waals surface area contributed by atoms with E-state index < -0.39 is 0 Å². The Balaban J connectivity index is 1.68. The topological polar surface area (TPSA) is 63.6 Å². The molecule has 1 aliphatic rings. The van der Waals surface area contributed by atoms with Crippen molar-refractivity contribution >= 4 is 34.3 Å². The minimum Gasteiger partial charge on any atom is -0.378 e. The summed E-state index contributed by atoms with van der Waals surface area (Å²) in [6, 6.07) is 7.26. The van der Waals surface area contributed by atoms with Crippen LogP contribution in [-0.4, -0.2) is 54.1 Å². The van der Waals surface area contributed by atoms with Crippen LogP contribution in [0.2, 0.25) is 5.02 Å². The highest BCUT2D eigenvalue weighted by Crippen LogP contribution is 2.22. The van der Waals surface area contributed by atoms with Crippen molar-refractivity contribution in [1.29, 1.82) is 0 Å². The van der Waals surface area contributed by atoms with Crippen molar-refractivity contribution in [2.24, 2.45) is 7.05 Å². The summed E-state index contributed by atoms with van der Waals surface area (Å²) in [7, 11) is 1.80. The van der Waals surface area contributed by atoms with E-state index in [1.807, 2.05) is 12.1 Å². The molecule has 0 aliphatic carbocycles. The second-order valence-corrected chi connectivity index (χ2v) is 5.90. The van der Waals surface area contributed by atoms with Gasteiger partial charge in [-0.3, -0.25) is 9.59 Å². The first-order valence-electron chi connectivity index (χ1n) is 7.45. The minimum atomic E-state index is -0.276. The highest BCUT2D eigenvalue weighted by molar-refractivity contribution is 6.31. The molecule has 1 N–H and O–H groups in total. The lowest BCUT2D eigenvalue weighted by molar-refractivity contribution is -0.134. The molecule has 1 aromatic heterocycles. The second kappa shape index (κ2) is 6.60. The summed E-state index contributed by atoms with van der Waals surface area (Å²) >= 11 is 5.99. The molecule has 2 heterocycles. The molecule has 0 spiro atoms. The average Bonchev–Trinajstić information content (AvgIpc) is 2.90. The molecule has 0 bridgehead atoms. The third kappa shape index (κ3) is 3.33. The van der Waals surface area contributed by atoms with Crippen LogP contribution in [0.25, 0.3) is 10.9 Å². The maximum absolute atomic E-state index is 12.3. The number of rotatable bonds is 3. The molecule has 122 valence electrons. The molecule has 23 heavy (non-hydrogen) atoms. The normalized spacial score (nSPS) is 15.0. The predicted octanol–water partition coefficient (Wildman–Crippen LogP) is 1.42. The van der Waals surface area contributed by atoms with Crippen LogP contribution < -0.4 is 5.32 Å². The number of fused-ring (bicyclic) bond motifs is 1. The quantitative estimate of drug-likeness (QED) is 0.922. The van der Waals surface area contributed by atoms with Gasteiger partial charge < -0.3 is 19.5 Å². The van der Waals surface area contributed by atoms with Gasteiger partial charge >= 0.3 is 0 Å². The summed E-state index contributed by atoms with van der Waals surface area (Å²) in [6.07, 6.45) is 0. The van der Waals surface area contributed by atoms with Crippen LogP contribution in [0, 0.1) is 0 Å². The van der Waals surface area contributed by atoms with E-state index in [1.54, 1.807) is 28.6 Å². The van der Waals surface area contributed by atoms with E-state index in [9.17, 15) is 9.59 Å². The van der Waals surface area contributed by atoms with Crippen molar-refractivity contribution in [3.8, 4) is 0 Å². The average molecular weight is 336 g/mol. The number of aromatic nitrogens is 1. The molecular weight excluding hydrogens is 318 g/mol. The number of morpholine rings is 1. The zero-order valence-electron chi connectivity index (χ0n) is 12.8. The Labute approximate surface area is 138 Å². The first-order valence-corrected chi connectivity index (χ1v) is 7.83. The Bertz CT molecular complexity index is 750. The Morgan fingerprint density at radius 1 is 1.26 bits per heavy atom. The van der Waals surface area contributed by atoms with E-state index in [0.29, 0.717) is 37.0 Å². The van der Waals surface area contributed by atoms with Gasteiger partial charge in [0.15, 0.2) is 0 Å². The smallest absolute Gasteiger partial charge is 0.268 e. The molecular formula is C16H18ClN3O3. The Hall–Kier alpha value is -2.05. The van der Waals surface area contributed by atoms with Crippen LogP contribution in [0.15, 0.2) is 24.3 Å². The molecule has 0 unspecified atom stereocenters. The van der Waals surface area contributed by atoms with Gasteiger partial charge in [0.25, 0.3) is 5.91 Å². The van der Waals surface area contributed by atoms with Gasteiger partial charge in [-0.15, -0.1) is 0 Å². The Morgan fingerprint density at radius 3 is 2.74 bits per heavy atom. The summed E-state index contributed by atoms with van der Waals surface area (Å²) in [5, 5.41) is 4.24. The molecule has 6 nitrogen and oxygen atoms in total. The number of nitrogens with zero attached hydrogens (tertiary/aromatic N) is 2. The van der Waals surface area contributed by atoms with Crippen molar-refractivity contribution in [2.75, 3.05) is 32.8 Å². The Kier molecular flexibility index (Phi) is 4.54. The van der Waals surface area contributed by atoms with Crippen molar-refractivity contribution in [1.82, 2.24) is 14.8 Å². The largest absolute Gasteiger partial charge is 0.378 e. The van der Waals surface area contributed by atoms with Crippen LogP contribution in [0.3, 0.4) is 0 Å². The van der Waals surface area contributed by atoms with Crippen LogP contribution in [0.4, 0.5) is 0 Å². The molecule has 3 rings (SSSR count). The van der Waals surface area contributed by atoms with E-state index in [1.165, 1.54) is 0 Å². The van der Waals surface area contributed by atoms with Crippen LogP contribution >= 0.6 is 11.6 Å². The SMILES string of the molecule is Cn1c(C(=O)NCC(=O)N2CCOCC2)cc2ccc(Cl)cc21. The number of ether oxygens (including phenoxy) is 1. The van der Waals surface area contributed by atoms with Gasteiger partial charge in [0.2, 0.25) is 5.91 Å². The summed E-state index contributed by atoms with van der Waals surface area (Å²) in [6.45, 7) is 2.22. The Morgan fingerprint density at radius 2 is 2.00 bits per heavy atom. The summed E-state index contributed by atoms with van der Waals surface area (Å²) in [5.74, 6) is -0.370. The van der Waals surface area contributed by atoms with E-state index >= 15 is 0 Å². The number of nitrogens with one attached hydrogen (secondary N) is 1. The number of carbonyl (C=O) groups is 2. The third-order valence-corrected chi connectivity index (χ3v) is 4.24. The molecule has 0 radical (unpaired) electrons. The van der Waals surface area contributed by atoms with Gasteiger partial charge in [-0.1, -0.05) is 17.7 Å². The van der Waals surface area contributed by atoms with Crippen molar-refractivity contribution in [3.63, 3.8) is 0 Å². The maximum atomic E-state index is 12.3. The molecule has 2 amide bonds. The van der Waals surface area contributed by atoms with Crippen LogP contribution in [-0.2, 0) is 16.6 Å². The first kappa shape index (κ1) is 15.8. The van der Waals surface area contributed by atoms with E-state index in [2.05, 4.69) is 5.32 Å². The molecule has 7 heteroatoms. The maximum Gasteiger partial charge on any atom is 0.268 e. The number of aryl methyl sites for hydroxylation is 1. The number of amides is 2. The number of benzene rings is 1. The molecule has 0 saturated carbocycles. The van der Waals surface area contributed by atoms with Crippen molar-refractivity contribution < 1.29 is 14.3 Å². The zero-order valence-corrected chi connectivity index (χ0v) is 13.6. The van der Waals surface area contributed by atoms with Gasteiger partial charge in [-0.05, 0) is 18.2 Å². The van der Waals surface area contributed by atoms with Gasteiger partial charge in [0.05, 0.1) is 19.8 Å². The molecule has 1 saturated heterocycles. The molecule has 2 aromatic rings. The second-order valence-electron chi connectivity index (χ2n) is 5.47. The minimum absolute atomic E-state index is 0.0128. The van der Waals surface area contributed by atoms with Crippen molar-refractivity contribution in [3.05, 3.63) is 35.0 Å². The predicted molar refractivity (Wildman–Crippen MR) is 87.7 cm³/mol. The van der Waals surface area contributed by atoms with Gasteiger partial charge in [0, 0.05) is 36.1 Å². The first-order chi connectivity index (χ1) is 11.1. The van der Waals surface area contributed by atoms with E-state index in [4.69, 9.17) is 16.3 Å². The summed E-state index contributed by atoms with van der Waals surface area (Å²) < 4.78 is 6.98. The molecule has 1 aliphatic heterocycles. The number of hydrogen-bond donors (Lipinski definition) is 1.